The first-order chi connectivity index (χ1) is 12.6. The van der Waals surface area contributed by atoms with Gasteiger partial charge in [-0.2, -0.15) is 0 Å². The van der Waals surface area contributed by atoms with Crippen LogP contribution in [0.1, 0.15) is 17.0 Å². The molecule has 0 radical (unpaired) electrons. The largest absolute Gasteiger partial charge is 0.506 e. The van der Waals surface area contributed by atoms with E-state index in [1.54, 1.807) is 18.2 Å². The lowest BCUT2D eigenvalue weighted by Gasteiger charge is -2.15. The number of halogens is 1. The zero-order valence-corrected chi connectivity index (χ0v) is 15.9. The topological polar surface area (TPSA) is 58.6 Å². The molecule has 0 aliphatic heterocycles. The van der Waals surface area contributed by atoms with Gasteiger partial charge in [-0.05, 0) is 63.0 Å². The molecule has 0 saturated heterocycles. The Morgan fingerprint density at radius 3 is 2.27 bits per heavy atom. The van der Waals surface area contributed by atoms with E-state index in [4.69, 9.17) is 4.74 Å². The van der Waals surface area contributed by atoms with Crippen molar-refractivity contribution in [1.82, 2.24) is 0 Å². The molecular formula is C21H16INO3. The number of carbonyl (C=O) groups is 1. The van der Waals surface area contributed by atoms with Crippen molar-refractivity contribution in [1.29, 1.82) is 0 Å². The van der Waals surface area contributed by atoms with Gasteiger partial charge in [-0.25, -0.2) is 4.79 Å². The maximum Gasteiger partial charge on any atom is 0.411 e. The number of fused-ring (bicyclic) bond motifs is 3. The van der Waals surface area contributed by atoms with Crippen LogP contribution in [-0.4, -0.2) is 17.8 Å². The molecule has 130 valence electrons. The third-order valence-electron chi connectivity index (χ3n) is 4.54. The number of hydrogen-bond acceptors (Lipinski definition) is 3. The number of anilines is 1. The first-order valence-corrected chi connectivity index (χ1v) is 9.32. The molecule has 0 heterocycles. The summed E-state index contributed by atoms with van der Waals surface area (Å²) in [4.78, 5) is 12.2. The second-order valence-electron chi connectivity index (χ2n) is 6.11. The van der Waals surface area contributed by atoms with Crippen molar-refractivity contribution in [2.45, 2.75) is 5.92 Å². The van der Waals surface area contributed by atoms with E-state index in [1.165, 1.54) is 22.3 Å². The average molecular weight is 457 g/mol. The fourth-order valence-electron chi connectivity index (χ4n) is 3.35. The number of phenols is 1. The van der Waals surface area contributed by atoms with Crippen LogP contribution >= 0.6 is 22.6 Å². The van der Waals surface area contributed by atoms with Crippen LogP contribution < -0.4 is 5.32 Å². The molecular weight excluding hydrogens is 441 g/mol. The molecule has 0 fully saturated rings. The van der Waals surface area contributed by atoms with Crippen LogP contribution in [0.25, 0.3) is 11.1 Å². The Bertz CT molecular complexity index is 941. The molecule has 0 spiro atoms. The van der Waals surface area contributed by atoms with Gasteiger partial charge >= 0.3 is 6.09 Å². The fraction of sp³-hybridized carbons (Fsp3) is 0.0952. The fourth-order valence-corrected chi connectivity index (χ4v) is 3.84. The highest BCUT2D eigenvalue weighted by molar-refractivity contribution is 14.1. The number of ether oxygens (including phenoxy) is 1. The van der Waals surface area contributed by atoms with E-state index in [0.717, 1.165) is 3.57 Å². The van der Waals surface area contributed by atoms with Crippen LogP contribution in [0.3, 0.4) is 0 Å². The molecule has 5 heteroatoms. The van der Waals surface area contributed by atoms with Gasteiger partial charge in [0.05, 0.1) is 5.69 Å². The van der Waals surface area contributed by atoms with Crippen LogP contribution in [0.4, 0.5) is 10.5 Å². The molecule has 1 aliphatic rings. The zero-order chi connectivity index (χ0) is 18.1. The van der Waals surface area contributed by atoms with Gasteiger partial charge in [-0.15, -0.1) is 0 Å². The molecule has 4 rings (SSSR count). The quantitative estimate of drug-likeness (QED) is 0.412. The SMILES string of the molecule is O=C(Nc1cc(I)ccc1O)OCC1c2ccccc2-c2ccccc21. The Kier molecular flexibility index (Phi) is 4.55. The van der Waals surface area contributed by atoms with E-state index >= 15 is 0 Å². The number of aromatic hydroxyl groups is 1. The first kappa shape index (κ1) is 16.9. The molecule has 0 bridgehead atoms. The van der Waals surface area contributed by atoms with Gasteiger partial charge in [-0.3, -0.25) is 5.32 Å². The summed E-state index contributed by atoms with van der Waals surface area (Å²) in [6.07, 6.45) is -0.579. The monoisotopic (exact) mass is 457 g/mol. The van der Waals surface area contributed by atoms with Gasteiger partial charge in [0.15, 0.2) is 0 Å². The number of nitrogens with one attached hydrogen (secondary N) is 1. The van der Waals surface area contributed by atoms with E-state index in [-0.39, 0.29) is 18.3 Å². The normalized spacial score (nSPS) is 12.3. The zero-order valence-electron chi connectivity index (χ0n) is 13.8. The number of phenolic OH excluding ortho intramolecular Hbond substituents is 1. The number of rotatable bonds is 3. The van der Waals surface area contributed by atoms with Crippen LogP contribution in [0.5, 0.6) is 5.75 Å². The molecule has 3 aromatic rings. The van der Waals surface area contributed by atoms with Gasteiger partial charge in [0, 0.05) is 9.49 Å². The van der Waals surface area contributed by atoms with Crippen LogP contribution in [0.2, 0.25) is 0 Å². The van der Waals surface area contributed by atoms with Gasteiger partial charge < -0.3 is 9.84 Å². The molecule has 4 nitrogen and oxygen atoms in total. The van der Waals surface area contributed by atoms with Gasteiger partial charge in [0.1, 0.15) is 12.4 Å². The van der Waals surface area contributed by atoms with Crippen molar-refractivity contribution in [3.8, 4) is 16.9 Å². The van der Waals surface area contributed by atoms with E-state index in [1.807, 2.05) is 24.3 Å². The van der Waals surface area contributed by atoms with Crippen molar-refractivity contribution in [3.05, 3.63) is 81.4 Å². The number of benzene rings is 3. The van der Waals surface area contributed by atoms with Crippen molar-refractivity contribution in [2.24, 2.45) is 0 Å². The third kappa shape index (κ3) is 3.14. The Hall–Kier alpha value is -2.54. The number of amides is 1. The summed E-state index contributed by atoms with van der Waals surface area (Å²) in [6.45, 7) is 0.241. The summed E-state index contributed by atoms with van der Waals surface area (Å²) < 4.78 is 6.39. The summed E-state index contributed by atoms with van der Waals surface area (Å²) in [5.74, 6) is 0.0246. The Morgan fingerprint density at radius 1 is 1.00 bits per heavy atom. The molecule has 0 unspecified atom stereocenters. The molecule has 0 saturated carbocycles. The first-order valence-electron chi connectivity index (χ1n) is 8.24. The van der Waals surface area contributed by atoms with Gasteiger partial charge in [0.2, 0.25) is 0 Å². The minimum atomic E-state index is -0.579. The van der Waals surface area contributed by atoms with E-state index < -0.39 is 6.09 Å². The maximum atomic E-state index is 12.2. The third-order valence-corrected chi connectivity index (χ3v) is 5.21. The second-order valence-corrected chi connectivity index (χ2v) is 7.36. The average Bonchev–Trinajstić information content (AvgIpc) is 2.97. The van der Waals surface area contributed by atoms with Gasteiger partial charge in [-0.1, -0.05) is 48.5 Å². The standard InChI is InChI=1S/C21H16INO3/c22-13-9-10-20(24)19(11-13)23-21(25)26-12-18-16-7-3-1-5-14(16)15-6-2-4-8-17(15)18/h1-11,18,24H,12H2,(H,23,25). The highest BCUT2D eigenvalue weighted by Gasteiger charge is 2.29. The summed E-state index contributed by atoms with van der Waals surface area (Å²) >= 11 is 2.12. The summed E-state index contributed by atoms with van der Waals surface area (Å²) in [5, 5.41) is 12.5. The van der Waals surface area contributed by atoms with E-state index in [0.29, 0.717) is 5.69 Å². The highest BCUT2D eigenvalue weighted by Crippen LogP contribution is 2.44. The van der Waals surface area contributed by atoms with Crippen molar-refractivity contribution >= 4 is 34.4 Å². The van der Waals surface area contributed by atoms with Crippen molar-refractivity contribution < 1.29 is 14.6 Å². The summed E-state index contributed by atoms with van der Waals surface area (Å²) in [7, 11) is 0. The van der Waals surface area contributed by atoms with Crippen LogP contribution in [0.15, 0.2) is 66.7 Å². The van der Waals surface area contributed by atoms with Crippen molar-refractivity contribution in [3.63, 3.8) is 0 Å². The van der Waals surface area contributed by atoms with E-state index in [9.17, 15) is 9.90 Å². The molecule has 0 atom stereocenters. The Balaban J connectivity index is 1.51. The van der Waals surface area contributed by atoms with Crippen LogP contribution in [-0.2, 0) is 4.74 Å². The minimum absolute atomic E-state index is 0.0117. The highest BCUT2D eigenvalue weighted by atomic mass is 127. The van der Waals surface area contributed by atoms with Crippen molar-refractivity contribution in [2.75, 3.05) is 11.9 Å². The Labute approximate surface area is 165 Å². The second kappa shape index (κ2) is 6.99. The molecule has 2 N–H and O–H groups in total. The number of hydrogen-bond donors (Lipinski definition) is 2. The minimum Gasteiger partial charge on any atom is -0.506 e. The molecule has 3 aromatic carbocycles. The smallest absolute Gasteiger partial charge is 0.411 e. The molecule has 1 amide bonds. The lowest BCUT2D eigenvalue weighted by molar-refractivity contribution is 0.158. The maximum absolute atomic E-state index is 12.2. The number of carbonyl (C=O) groups excluding carboxylic acids is 1. The van der Waals surface area contributed by atoms with E-state index in [2.05, 4.69) is 52.2 Å². The molecule has 26 heavy (non-hydrogen) atoms. The predicted molar refractivity (Wildman–Crippen MR) is 110 cm³/mol. The molecule has 1 aliphatic carbocycles. The predicted octanol–water partition coefficient (Wildman–Crippen LogP) is 5.36. The Morgan fingerprint density at radius 2 is 1.62 bits per heavy atom. The summed E-state index contributed by atoms with van der Waals surface area (Å²) in [6, 6.07) is 21.4. The lowest BCUT2D eigenvalue weighted by Crippen LogP contribution is -2.18. The lowest BCUT2D eigenvalue weighted by atomic mass is 9.98. The molecule has 0 aromatic heterocycles. The summed E-state index contributed by atoms with van der Waals surface area (Å²) in [5.41, 5.74) is 5.05. The van der Waals surface area contributed by atoms with Gasteiger partial charge in [0.25, 0.3) is 0 Å². The van der Waals surface area contributed by atoms with Crippen LogP contribution in [0, 0.1) is 3.57 Å².